The van der Waals surface area contributed by atoms with E-state index in [1.807, 2.05) is 60.7 Å². The molecule has 1 aliphatic heterocycles. The molecule has 3 aromatic rings. The van der Waals surface area contributed by atoms with Crippen LogP contribution in [0.4, 0.5) is 4.79 Å². The predicted molar refractivity (Wildman–Crippen MR) is 152 cm³/mol. The Morgan fingerprint density at radius 2 is 1.93 bits per heavy atom. The zero-order chi connectivity index (χ0) is 28.7. The van der Waals surface area contributed by atoms with Gasteiger partial charge in [0.2, 0.25) is 11.8 Å². The molecule has 0 spiro atoms. The first kappa shape index (κ1) is 28.5. The first-order valence-corrected chi connectivity index (χ1v) is 13.0. The number of nitrogens with one attached hydrogen (secondary N) is 2. The van der Waals surface area contributed by atoms with E-state index in [4.69, 9.17) is 4.84 Å². The van der Waals surface area contributed by atoms with Crippen molar-refractivity contribution in [2.24, 2.45) is 5.16 Å². The zero-order valence-corrected chi connectivity index (χ0v) is 23.0. The summed E-state index contributed by atoms with van der Waals surface area (Å²) < 4.78 is 0. The van der Waals surface area contributed by atoms with Crippen molar-refractivity contribution < 1.29 is 19.2 Å². The Balaban J connectivity index is 1.54. The molecule has 2 aromatic carbocycles. The normalized spacial score (nSPS) is 15.6. The quantitative estimate of drug-likeness (QED) is 0.230. The number of hydrogen-bond donors (Lipinski definition) is 2. The molecule has 2 N–H and O–H groups in total. The van der Waals surface area contributed by atoms with Crippen LogP contribution in [0, 0.1) is 0 Å². The van der Waals surface area contributed by atoms with Crippen molar-refractivity contribution >= 4 is 35.5 Å². The second-order valence-electron chi connectivity index (χ2n) is 10.1. The van der Waals surface area contributed by atoms with Crippen LogP contribution in [0.2, 0.25) is 0 Å². The third kappa shape index (κ3) is 6.92. The lowest BCUT2D eigenvalue weighted by Crippen LogP contribution is -2.65. The summed E-state index contributed by atoms with van der Waals surface area (Å²) >= 11 is 0. The van der Waals surface area contributed by atoms with Crippen molar-refractivity contribution in [3.05, 3.63) is 78.0 Å². The van der Waals surface area contributed by atoms with E-state index in [1.54, 1.807) is 32.0 Å². The molecule has 11 heteroatoms. The molecular formula is C29H35N7O4. The number of likely N-dealkylation sites (N-methyl/N-ethyl adjacent to an activating group) is 1. The molecular weight excluding hydrogens is 510 g/mol. The predicted octanol–water partition coefficient (Wildman–Crippen LogP) is 2.53. The Labute approximate surface area is 233 Å². The van der Waals surface area contributed by atoms with Gasteiger partial charge in [0.15, 0.2) is 5.72 Å². The summed E-state index contributed by atoms with van der Waals surface area (Å²) in [7, 11) is 1.63. The number of hydrogen-bond acceptors (Lipinski definition) is 7. The Morgan fingerprint density at radius 3 is 2.67 bits per heavy atom. The minimum atomic E-state index is -0.944. The average Bonchev–Trinajstić information content (AvgIpc) is 2.96. The second-order valence-corrected chi connectivity index (χ2v) is 10.1. The van der Waals surface area contributed by atoms with Crippen molar-refractivity contribution in [1.29, 1.82) is 0 Å². The fourth-order valence-corrected chi connectivity index (χ4v) is 4.62. The van der Waals surface area contributed by atoms with Crippen LogP contribution in [0.15, 0.2) is 72.0 Å². The third-order valence-corrected chi connectivity index (χ3v) is 6.83. The third-order valence-electron chi connectivity index (χ3n) is 6.83. The van der Waals surface area contributed by atoms with Gasteiger partial charge in [-0.3, -0.25) is 19.9 Å². The van der Waals surface area contributed by atoms with Gasteiger partial charge in [-0.25, -0.2) is 4.79 Å². The van der Waals surface area contributed by atoms with E-state index in [2.05, 4.69) is 27.5 Å². The number of benzene rings is 2. The van der Waals surface area contributed by atoms with E-state index < -0.39 is 11.9 Å². The van der Waals surface area contributed by atoms with Gasteiger partial charge in [0.05, 0.1) is 18.6 Å². The number of urea groups is 1. The molecule has 210 valence electrons. The van der Waals surface area contributed by atoms with Crippen molar-refractivity contribution in [2.45, 2.75) is 38.8 Å². The fraction of sp³-hybridized carbons (Fsp3) is 0.345. The molecule has 0 bridgehead atoms. The molecule has 4 rings (SSSR count). The summed E-state index contributed by atoms with van der Waals surface area (Å²) in [5, 5.41) is 10.3. The molecule has 0 radical (unpaired) electrons. The van der Waals surface area contributed by atoms with E-state index in [9.17, 15) is 14.4 Å². The number of carbonyl (C=O) groups is 3. The van der Waals surface area contributed by atoms with Crippen molar-refractivity contribution in [3.8, 4) is 0 Å². The number of oxime groups is 1. The summed E-state index contributed by atoms with van der Waals surface area (Å²) in [6, 6.07) is 18.8. The van der Waals surface area contributed by atoms with Crippen molar-refractivity contribution in [1.82, 2.24) is 30.3 Å². The van der Waals surface area contributed by atoms with Gasteiger partial charge in [0.1, 0.15) is 12.7 Å². The first-order valence-electron chi connectivity index (χ1n) is 13.0. The molecule has 2 heterocycles. The van der Waals surface area contributed by atoms with Gasteiger partial charge in [-0.1, -0.05) is 48.5 Å². The molecule has 1 unspecified atom stereocenters. The largest absolute Gasteiger partial charge is 0.375 e. The Hall–Kier alpha value is -4.51. The molecule has 11 nitrogen and oxygen atoms in total. The number of piperazine rings is 1. The number of carbonyl (C=O) groups excluding carboxylic acids is 3. The van der Waals surface area contributed by atoms with Crippen LogP contribution in [0.3, 0.4) is 0 Å². The number of rotatable bonds is 10. The fourth-order valence-electron chi connectivity index (χ4n) is 4.62. The van der Waals surface area contributed by atoms with Gasteiger partial charge in [-0.2, -0.15) is 0 Å². The van der Waals surface area contributed by atoms with Gasteiger partial charge in [0.25, 0.3) is 0 Å². The number of fused-ring (bicyclic) bond motifs is 1. The molecule has 40 heavy (non-hydrogen) atoms. The smallest absolute Gasteiger partial charge is 0.319 e. The van der Waals surface area contributed by atoms with Crippen LogP contribution < -0.4 is 10.6 Å². The standard InChI is InChI=1S/C29H35N7O4/c1-29(2,40-30-3)33-17-26(37)36-20-27(38)35(18-22-12-8-14-24-23(22)13-9-15-31-24)19-25(36)34(4)28(39)32-16-21-10-6-5-7-11-21/h5-15,25,33H,3,16-20H2,1-2,4H3,(H,32,39). The topological polar surface area (TPSA) is 119 Å². The average molecular weight is 546 g/mol. The van der Waals surface area contributed by atoms with E-state index >= 15 is 0 Å². The van der Waals surface area contributed by atoms with Gasteiger partial charge >= 0.3 is 6.03 Å². The maximum atomic E-state index is 13.4. The second kappa shape index (κ2) is 12.6. The summed E-state index contributed by atoms with van der Waals surface area (Å²) in [6.07, 6.45) is 1.03. The SMILES string of the molecule is C=NOC(C)(C)NCC(=O)N1CC(=O)N(Cc2cccc3ncccc23)CC1N(C)C(=O)NCc1ccccc1. The van der Waals surface area contributed by atoms with Crippen molar-refractivity contribution in [2.75, 3.05) is 26.7 Å². The highest BCUT2D eigenvalue weighted by molar-refractivity contribution is 5.88. The summed E-state index contributed by atoms with van der Waals surface area (Å²) in [4.78, 5) is 54.1. The van der Waals surface area contributed by atoms with Crippen LogP contribution in [-0.4, -0.2) is 82.8 Å². The van der Waals surface area contributed by atoms with Crippen LogP contribution in [-0.2, 0) is 27.5 Å². The van der Waals surface area contributed by atoms with Crippen LogP contribution in [0.5, 0.6) is 0 Å². The zero-order valence-electron chi connectivity index (χ0n) is 23.0. The molecule has 0 aliphatic carbocycles. The maximum absolute atomic E-state index is 13.4. The van der Waals surface area contributed by atoms with E-state index in [1.165, 1.54) is 9.80 Å². The van der Waals surface area contributed by atoms with Crippen molar-refractivity contribution in [3.63, 3.8) is 0 Å². The van der Waals surface area contributed by atoms with Gasteiger partial charge in [0, 0.05) is 38.4 Å². The monoisotopic (exact) mass is 545 g/mol. The van der Waals surface area contributed by atoms with Crippen LogP contribution >= 0.6 is 0 Å². The molecule has 4 amide bonds. The summed E-state index contributed by atoms with van der Waals surface area (Å²) in [5.41, 5.74) is 1.77. The maximum Gasteiger partial charge on any atom is 0.319 e. The van der Waals surface area contributed by atoms with Crippen LogP contribution in [0.1, 0.15) is 25.0 Å². The number of aromatic nitrogens is 1. The number of amides is 4. The lowest BCUT2D eigenvalue weighted by atomic mass is 10.1. The lowest BCUT2D eigenvalue weighted by Gasteiger charge is -2.45. The minimum absolute atomic E-state index is 0.124. The highest BCUT2D eigenvalue weighted by atomic mass is 16.7. The highest BCUT2D eigenvalue weighted by Crippen LogP contribution is 2.22. The number of pyridine rings is 1. The number of nitrogens with zero attached hydrogens (tertiary/aromatic N) is 5. The Bertz CT molecular complexity index is 1360. The van der Waals surface area contributed by atoms with Gasteiger partial charge in [-0.05, 0) is 37.1 Å². The molecule has 1 aromatic heterocycles. The van der Waals surface area contributed by atoms with E-state index in [0.717, 1.165) is 22.0 Å². The summed E-state index contributed by atoms with van der Waals surface area (Å²) in [6.45, 7) is 7.23. The Morgan fingerprint density at radius 1 is 1.15 bits per heavy atom. The van der Waals surface area contributed by atoms with E-state index in [0.29, 0.717) is 13.1 Å². The Kier molecular flexibility index (Phi) is 8.95. The minimum Gasteiger partial charge on any atom is -0.375 e. The molecule has 1 saturated heterocycles. The van der Waals surface area contributed by atoms with Gasteiger partial charge in [-0.15, -0.1) is 5.16 Å². The highest BCUT2D eigenvalue weighted by Gasteiger charge is 2.39. The van der Waals surface area contributed by atoms with Gasteiger partial charge < -0.3 is 24.9 Å². The molecule has 1 fully saturated rings. The van der Waals surface area contributed by atoms with Crippen LogP contribution in [0.25, 0.3) is 10.9 Å². The molecule has 0 saturated carbocycles. The van der Waals surface area contributed by atoms with E-state index in [-0.39, 0.29) is 37.5 Å². The molecule has 1 atom stereocenters. The lowest BCUT2D eigenvalue weighted by molar-refractivity contribution is -0.154. The summed E-state index contributed by atoms with van der Waals surface area (Å²) in [5.74, 6) is -0.567. The molecule has 1 aliphatic rings. The first-order chi connectivity index (χ1) is 19.2.